The summed E-state index contributed by atoms with van der Waals surface area (Å²) in [5.41, 5.74) is 1.22. The largest absolute Gasteiger partial charge is 0.490 e. The SMILES string of the molecule is OB(O)c1cncc(OCc2cccc(Cl)c2)c1. The molecule has 0 fully saturated rings. The van der Waals surface area contributed by atoms with Crippen LogP contribution in [0.4, 0.5) is 0 Å². The first-order valence-corrected chi connectivity index (χ1v) is 5.71. The summed E-state index contributed by atoms with van der Waals surface area (Å²) in [6.07, 6.45) is 2.88. The van der Waals surface area contributed by atoms with Crippen LogP contribution in [0, 0.1) is 0 Å². The van der Waals surface area contributed by atoms with Gasteiger partial charge in [0.1, 0.15) is 12.4 Å². The lowest BCUT2D eigenvalue weighted by atomic mass is 9.82. The summed E-state index contributed by atoms with van der Waals surface area (Å²) >= 11 is 5.86. The minimum absolute atomic E-state index is 0.290. The first kappa shape index (κ1) is 12.9. The lowest BCUT2D eigenvalue weighted by Crippen LogP contribution is -2.30. The van der Waals surface area contributed by atoms with Gasteiger partial charge in [0.2, 0.25) is 0 Å². The van der Waals surface area contributed by atoms with Crippen molar-refractivity contribution in [3.8, 4) is 5.75 Å². The Bertz CT molecular complexity index is 536. The van der Waals surface area contributed by atoms with Crippen LogP contribution in [0.5, 0.6) is 5.75 Å². The van der Waals surface area contributed by atoms with Gasteiger partial charge in [-0.2, -0.15) is 0 Å². The van der Waals surface area contributed by atoms with Crippen LogP contribution in [0.25, 0.3) is 0 Å². The van der Waals surface area contributed by atoms with Crippen molar-refractivity contribution in [2.24, 2.45) is 0 Å². The number of halogens is 1. The molecule has 1 aromatic heterocycles. The van der Waals surface area contributed by atoms with E-state index < -0.39 is 7.12 Å². The van der Waals surface area contributed by atoms with E-state index in [-0.39, 0.29) is 0 Å². The van der Waals surface area contributed by atoms with E-state index in [1.54, 1.807) is 12.1 Å². The summed E-state index contributed by atoms with van der Waals surface area (Å²) in [7, 11) is -1.55. The molecule has 0 spiro atoms. The minimum Gasteiger partial charge on any atom is -0.487 e. The monoisotopic (exact) mass is 263 g/mol. The van der Waals surface area contributed by atoms with Crippen LogP contribution in [0.1, 0.15) is 5.56 Å². The van der Waals surface area contributed by atoms with Gasteiger partial charge < -0.3 is 14.8 Å². The van der Waals surface area contributed by atoms with Crippen LogP contribution >= 0.6 is 11.6 Å². The highest BCUT2D eigenvalue weighted by atomic mass is 35.5. The number of nitrogens with zero attached hydrogens (tertiary/aromatic N) is 1. The number of hydrogen-bond donors (Lipinski definition) is 2. The first-order valence-electron chi connectivity index (χ1n) is 5.33. The fraction of sp³-hybridized carbons (Fsp3) is 0.0833. The van der Waals surface area contributed by atoms with Crippen molar-refractivity contribution >= 4 is 24.2 Å². The summed E-state index contributed by atoms with van der Waals surface area (Å²) in [6, 6.07) is 8.86. The Balaban J connectivity index is 2.04. The van der Waals surface area contributed by atoms with Gasteiger partial charge in [0.15, 0.2) is 0 Å². The van der Waals surface area contributed by atoms with E-state index >= 15 is 0 Å². The molecule has 2 rings (SSSR count). The molecule has 1 heterocycles. The third-order valence-electron chi connectivity index (χ3n) is 2.33. The molecular formula is C12H11BClNO3. The van der Waals surface area contributed by atoms with Crippen molar-refractivity contribution in [1.29, 1.82) is 0 Å². The Morgan fingerprint density at radius 3 is 2.78 bits per heavy atom. The molecule has 2 aromatic rings. The molecule has 0 aliphatic carbocycles. The molecule has 0 saturated carbocycles. The number of pyridine rings is 1. The van der Waals surface area contributed by atoms with Crippen LogP contribution in [0.15, 0.2) is 42.7 Å². The molecule has 0 unspecified atom stereocenters. The fourth-order valence-corrected chi connectivity index (χ4v) is 1.66. The molecule has 92 valence electrons. The van der Waals surface area contributed by atoms with E-state index in [0.717, 1.165) is 5.56 Å². The molecule has 0 aliphatic heterocycles. The van der Waals surface area contributed by atoms with Crippen molar-refractivity contribution in [1.82, 2.24) is 4.98 Å². The number of rotatable bonds is 4. The first-order chi connectivity index (χ1) is 8.65. The molecule has 0 aliphatic rings. The molecule has 0 bridgehead atoms. The maximum atomic E-state index is 9.01. The molecule has 0 amide bonds. The molecule has 4 nitrogen and oxygen atoms in total. The molecule has 6 heteroatoms. The average molecular weight is 263 g/mol. The fourth-order valence-electron chi connectivity index (χ4n) is 1.45. The minimum atomic E-state index is -1.55. The van der Waals surface area contributed by atoms with Crippen LogP contribution in [-0.2, 0) is 6.61 Å². The zero-order valence-electron chi connectivity index (χ0n) is 9.45. The summed E-state index contributed by atoms with van der Waals surface area (Å²) in [6.45, 7) is 0.340. The van der Waals surface area contributed by atoms with E-state index in [1.165, 1.54) is 18.5 Å². The summed E-state index contributed by atoms with van der Waals surface area (Å²) in [5.74, 6) is 0.473. The molecule has 1 aromatic carbocycles. The smallest absolute Gasteiger partial charge is 0.487 e. The van der Waals surface area contributed by atoms with E-state index in [9.17, 15) is 0 Å². The third-order valence-corrected chi connectivity index (χ3v) is 2.56. The van der Waals surface area contributed by atoms with Crippen molar-refractivity contribution in [3.05, 3.63) is 53.3 Å². The van der Waals surface area contributed by atoms with Gasteiger partial charge in [0.25, 0.3) is 0 Å². The maximum absolute atomic E-state index is 9.01. The Hall–Kier alpha value is -1.56. The van der Waals surface area contributed by atoms with Crippen LogP contribution in [0.2, 0.25) is 5.02 Å². The Kier molecular flexibility index (Phi) is 4.20. The predicted octanol–water partition coefficient (Wildman–Crippen LogP) is 0.994. The maximum Gasteiger partial charge on any atom is 0.490 e. The molecule has 0 radical (unpaired) electrons. The summed E-state index contributed by atoms with van der Waals surface area (Å²) in [4.78, 5) is 3.86. The van der Waals surface area contributed by atoms with Crippen molar-refractivity contribution in [2.45, 2.75) is 6.61 Å². The van der Waals surface area contributed by atoms with Crippen molar-refractivity contribution in [3.63, 3.8) is 0 Å². The molecule has 2 N–H and O–H groups in total. The summed E-state index contributed by atoms with van der Waals surface area (Å²) < 4.78 is 5.49. The van der Waals surface area contributed by atoms with E-state index in [0.29, 0.717) is 22.8 Å². The van der Waals surface area contributed by atoms with Gasteiger partial charge in [-0.05, 0) is 23.8 Å². The number of hydrogen-bond acceptors (Lipinski definition) is 4. The molecule has 18 heavy (non-hydrogen) atoms. The van der Waals surface area contributed by atoms with Crippen LogP contribution in [-0.4, -0.2) is 22.2 Å². The quantitative estimate of drug-likeness (QED) is 0.808. The second-order valence-electron chi connectivity index (χ2n) is 3.75. The highest BCUT2D eigenvalue weighted by molar-refractivity contribution is 6.58. The topological polar surface area (TPSA) is 62.6 Å². The zero-order valence-corrected chi connectivity index (χ0v) is 10.2. The van der Waals surface area contributed by atoms with Gasteiger partial charge in [-0.15, -0.1) is 0 Å². The van der Waals surface area contributed by atoms with Crippen molar-refractivity contribution < 1.29 is 14.8 Å². The molecular weight excluding hydrogens is 252 g/mol. The molecule has 0 atom stereocenters. The van der Waals surface area contributed by atoms with Gasteiger partial charge in [-0.1, -0.05) is 23.7 Å². The normalized spacial score (nSPS) is 10.2. The van der Waals surface area contributed by atoms with Gasteiger partial charge in [-0.3, -0.25) is 4.98 Å². The second-order valence-corrected chi connectivity index (χ2v) is 4.18. The summed E-state index contributed by atoms with van der Waals surface area (Å²) in [5, 5.41) is 18.7. The van der Waals surface area contributed by atoms with Crippen LogP contribution in [0.3, 0.4) is 0 Å². The standard InChI is InChI=1S/C12H11BClNO3/c14-11-3-1-2-9(4-11)8-18-12-5-10(13(16)17)6-15-7-12/h1-7,16-17H,8H2. The number of ether oxygens (including phenoxy) is 1. The van der Waals surface area contributed by atoms with Crippen LogP contribution < -0.4 is 10.2 Å². The van der Waals surface area contributed by atoms with Gasteiger partial charge in [-0.25, -0.2) is 0 Å². The van der Waals surface area contributed by atoms with E-state index in [4.69, 9.17) is 26.4 Å². The lowest BCUT2D eigenvalue weighted by Gasteiger charge is -2.07. The van der Waals surface area contributed by atoms with Gasteiger partial charge >= 0.3 is 7.12 Å². The highest BCUT2D eigenvalue weighted by Crippen LogP contribution is 2.13. The van der Waals surface area contributed by atoms with Gasteiger partial charge in [0, 0.05) is 16.7 Å². The lowest BCUT2D eigenvalue weighted by molar-refractivity contribution is 0.305. The highest BCUT2D eigenvalue weighted by Gasteiger charge is 2.11. The Morgan fingerprint density at radius 2 is 2.06 bits per heavy atom. The van der Waals surface area contributed by atoms with E-state index in [1.807, 2.05) is 12.1 Å². The predicted molar refractivity (Wildman–Crippen MR) is 69.8 cm³/mol. The number of benzene rings is 1. The zero-order chi connectivity index (χ0) is 13.0. The number of aromatic nitrogens is 1. The Labute approximate surface area is 110 Å². The second kappa shape index (κ2) is 5.86. The average Bonchev–Trinajstić information content (AvgIpc) is 2.37. The van der Waals surface area contributed by atoms with Crippen molar-refractivity contribution in [2.75, 3.05) is 0 Å². The third kappa shape index (κ3) is 3.47. The molecule has 0 saturated heterocycles. The van der Waals surface area contributed by atoms with E-state index in [2.05, 4.69) is 4.98 Å². The van der Waals surface area contributed by atoms with Gasteiger partial charge in [0.05, 0.1) is 6.20 Å². The Morgan fingerprint density at radius 1 is 1.22 bits per heavy atom.